The van der Waals surface area contributed by atoms with Crippen molar-refractivity contribution in [1.29, 1.82) is 0 Å². The van der Waals surface area contributed by atoms with Crippen molar-refractivity contribution in [3.63, 3.8) is 0 Å². The van der Waals surface area contributed by atoms with Gasteiger partial charge in [-0.05, 0) is 44.8 Å². The smallest absolute Gasteiger partial charge is 0.270 e. The molecule has 2 aromatic heterocycles. The molecule has 0 radical (unpaired) electrons. The monoisotopic (exact) mass is 313 g/mol. The molecule has 0 aromatic carbocycles. The molecule has 2 aromatic rings. The van der Waals surface area contributed by atoms with Gasteiger partial charge in [0, 0.05) is 29.7 Å². The zero-order valence-corrected chi connectivity index (χ0v) is 13.0. The van der Waals surface area contributed by atoms with Crippen LogP contribution in [0.1, 0.15) is 40.8 Å². The van der Waals surface area contributed by atoms with Gasteiger partial charge in [-0.1, -0.05) is 0 Å². The number of aldehydes is 1. The highest BCUT2D eigenvalue weighted by atomic mass is 16.3. The molecule has 3 saturated heterocycles. The van der Waals surface area contributed by atoms with Crippen LogP contribution in [-0.2, 0) is 0 Å². The Labute approximate surface area is 133 Å². The number of rotatable bonds is 3. The molecule has 120 valence electrons. The van der Waals surface area contributed by atoms with Crippen LogP contribution in [0, 0.1) is 5.92 Å². The number of fused-ring (bicyclic) bond motifs is 4. The standard InChI is InChI=1S/C17H19N3O3/c1-10-16(11-2-4-20(10)5-3-11)19-17(22)14-7-15-12(8-18-14)6-13(9-21)23-15/h6-11,16H,2-5H2,1H3,(H,19,22). The van der Waals surface area contributed by atoms with Gasteiger partial charge in [0.15, 0.2) is 12.0 Å². The first kappa shape index (κ1) is 14.4. The van der Waals surface area contributed by atoms with Crippen LogP contribution in [0.25, 0.3) is 11.0 Å². The van der Waals surface area contributed by atoms with E-state index in [1.165, 1.54) is 0 Å². The molecule has 5 rings (SSSR count). The first-order chi connectivity index (χ1) is 11.2. The van der Waals surface area contributed by atoms with Gasteiger partial charge in [0.05, 0.1) is 0 Å². The maximum Gasteiger partial charge on any atom is 0.270 e. The molecule has 0 aliphatic carbocycles. The molecule has 5 heterocycles. The number of nitrogens with zero attached hydrogens (tertiary/aromatic N) is 2. The van der Waals surface area contributed by atoms with Gasteiger partial charge in [-0.3, -0.25) is 19.5 Å². The summed E-state index contributed by atoms with van der Waals surface area (Å²) in [5, 5.41) is 3.87. The first-order valence-corrected chi connectivity index (χ1v) is 8.05. The molecule has 3 fully saturated rings. The zero-order chi connectivity index (χ0) is 16.0. The second-order valence-electron chi connectivity index (χ2n) is 6.49. The molecule has 0 saturated carbocycles. The molecule has 6 nitrogen and oxygen atoms in total. The summed E-state index contributed by atoms with van der Waals surface area (Å²) in [5.41, 5.74) is 0.835. The van der Waals surface area contributed by atoms with E-state index in [0.29, 0.717) is 29.5 Å². The summed E-state index contributed by atoms with van der Waals surface area (Å²) >= 11 is 0. The summed E-state index contributed by atoms with van der Waals surface area (Å²) in [6.07, 6.45) is 4.50. The van der Waals surface area contributed by atoms with Crippen molar-refractivity contribution in [1.82, 2.24) is 15.2 Å². The number of amides is 1. The summed E-state index contributed by atoms with van der Waals surface area (Å²) in [6, 6.07) is 3.75. The number of hydrogen-bond acceptors (Lipinski definition) is 5. The van der Waals surface area contributed by atoms with Gasteiger partial charge in [0.2, 0.25) is 0 Å². The van der Waals surface area contributed by atoms with Crippen molar-refractivity contribution >= 4 is 23.2 Å². The normalized spacial score (nSPS) is 29.6. The summed E-state index contributed by atoms with van der Waals surface area (Å²) in [5.74, 6) is 0.611. The minimum Gasteiger partial charge on any atom is -0.453 e. The van der Waals surface area contributed by atoms with Crippen LogP contribution in [0.4, 0.5) is 0 Å². The molecule has 3 aliphatic heterocycles. The number of carbonyl (C=O) groups excluding carboxylic acids is 2. The van der Waals surface area contributed by atoms with Gasteiger partial charge in [-0.2, -0.15) is 0 Å². The van der Waals surface area contributed by atoms with Crippen molar-refractivity contribution in [3.8, 4) is 0 Å². The first-order valence-electron chi connectivity index (χ1n) is 8.05. The fourth-order valence-electron chi connectivity index (χ4n) is 3.91. The summed E-state index contributed by atoms with van der Waals surface area (Å²) in [7, 11) is 0. The van der Waals surface area contributed by atoms with Gasteiger partial charge in [0.25, 0.3) is 5.91 Å². The summed E-state index contributed by atoms with van der Waals surface area (Å²) < 4.78 is 5.37. The van der Waals surface area contributed by atoms with Crippen LogP contribution in [-0.4, -0.2) is 47.3 Å². The van der Waals surface area contributed by atoms with E-state index < -0.39 is 0 Å². The summed E-state index contributed by atoms with van der Waals surface area (Å²) in [4.78, 5) is 30.0. The molecular formula is C17H19N3O3. The molecule has 2 atom stereocenters. The quantitative estimate of drug-likeness (QED) is 0.875. The van der Waals surface area contributed by atoms with Crippen LogP contribution in [0.5, 0.6) is 0 Å². The largest absolute Gasteiger partial charge is 0.453 e. The Kier molecular flexibility index (Phi) is 3.41. The van der Waals surface area contributed by atoms with Crippen LogP contribution in [0.3, 0.4) is 0 Å². The Bertz CT molecular complexity index is 760. The fraction of sp³-hybridized carbons (Fsp3) is 0.471. The lowest BCUT2D eigenvalue weighted by atomic mass is 9.79. The van der Waals surface area contributed by atoms with E-state index in [9.17, 15) is 9.59 Å². The molecular weight excluding hydrogens is 294 g/mol. The number of hydrogen-bond donors (Lipinski definition) is 1. The Hall–Kier alpha value is -2.21. The number of carbonyl (C=O) groups is 2. The van der Waals surface area contributed by atoms with Gasteiger partial charge >= 0.3 is 0 Å². The fourth-order valence-corrected chi connectivity index (χ4v) is 3.91. The molecule has 3 aliphatic rings. The van der Waals surface area contributed by atoms with E-state index in [-0.39, 0.29) is 17.7 Å². The number of aromatic nitrogens is 1. The molecule has 1 N–H and O–H groups in total. The summed E-state index contributed by atoms with van der Waals surface area (Å²) in [6.45, 7) is 4.43. The van der Waals surface area contributed by atoms with Crippen LogP contribution in [0.2, 0.25) is 0 Å². The van der Waals surface area contributed by atoms with E-state index in [1.54, 1.807) is 18.3 Å². The Morgan fingerprint density at radius 2 is 2.17 bits per heavy atom. The molecule has 2 bridgehead atoms. The third-order valence-electron chi connectivity index (χ3n) is 5.24. The highest BCUT2D eigenvalue weighted by Gasteiger charge is 2.40. The van der Waals surface area contributed by atoms with E-state index in [0.717, 1.165) is 31.3 Å². The SMILES string of the molecule is CC1C(NC(=O)c2cc3oc(C=O)cc3cn2)C2CCN1CC2. The number of nitrogens with one attached hydrogen (secondary N) is 1. The predicted octanol–water partition coefficient (Wildman–Crippen LogP) is 1.85. The lowest BCUT2D eigenvalue weighted by Crippen LogP contribution is -2.62. The van der Waals surface area contributed by atoms with E-state index >= 15 is 0 Å². The van der Waals surface area contributed by atoms with Crippen molar-refractivity contribution < 1.29 is 14.0 Å². The zero-order valence-electron chi connectivity index (χ0n) is 13.0. The van der Waals surface area contributed by atoms with Crippen LogP contribution < -0.4 is 5.32 Å². The van der Waals surface area contributed by atoms with Crippen LogP contribution >= 0.6 is 0 Å². The number of piperidine rings is 3. The van der Waals surface area contributed by atoms with E-state index in [2.05, 4.69) is 22.1 Å². The maximum atomic E-state index is 12.6. The minimum atomic E-state index is -0.179. The van der Waals surface area contributed by atoms with Gasteiger partial charge in [-0.15, -0.1) is 0 Å². The van der Waals surface area contributed by atoms with Crippen LogP contribution in [0.15, 0.2) is 22.7 Å². The Morgan fingerprint density at radius 1 is 1.39 bits per heavy atom. The van der Waals surface area contributed by atoms with Crippen molar-refractivity contribution in [3.05, 3.63) is 29.8 Å². The van der Waals surface area contributed by atoms with Crippen molar-refractivity contribution in [2.24, 2.45) is 5.92 Å². The average molecular weight is 313 g/mol. The number of pyridine rings is 1. The van der Waals surface area contributed by atoms with Crippen molar-refractivity contribution in [2.75, 3.05) is 13.1 Å². The molecule has 1 amide bonds. The third-order valence-corrected chi connectivity index (χ3v) is 5.24. The highest BCUT2D eigenvalue weighted by molar-refractivity contribution is 5.96. The van der Waals surface area contributed by atoms with E-state index in [4.69, 9.17) is 4.42 Å². The molecule has 23 heavy (non-hydrogen) atoms. The second-order valence-corrected chi connectivity index (χ2v) is 6.49. The lowest BCUT2D eigenvalue weighted by molar-refractivity contribution is 0.0216. The topological polar surface area (TPSA) is 75.4 Å². The van der Waals surface area contributed by atoms with Crippen molar-refractivity contribution in [2.45, 2.75) is 31.8 Å². The second kappa shape index (κ2) is 5.45. The Morgan fingerprint density at radius 3 is 2.87 bits per heavy atom. The number of furan rings is 1. The minimum absolute atomic E-state index is 0.171. The molecule has 2 unspecified atom stereocenters. The van der Waals surface area contributed by atoms with Gasteiger partial charge < -0.3 is 9.73 Å². The average Bonchev–Trinajstić information content (AvgIpc) is 3.00. The lowest BCUT2D eigenvalue weighted by Gasteiger charge is -2.49. The predicted molar refractivity (Wildman–Crippen MR) is 84.4 cm³/mol. The molecule has 6 heteroatoms. The third kappa shape index (κ3) is 2.43. The molecule has 0 spiro atoms. The van der Waals surface area contributed by atoms with Gasteiger partial charge in [0.1, 0.15) is 11.3 Å². The highest BCUT2D eigenvalue weighted by Crippen LogP contribution is 2.32. The van der Waals surface area contributed by atoms with E-state index in [1.807, 2.05) is 0 Å². The van der Waals surface area contributed by atoms with Gasteiger partial charge in [-0.25, -0.2) is 0 Å². The maximum absolute atomic E-state index is 12.6. The Balaban J connectivity index is 1.55.